The summed E-state index contributed by atoms with van der Waals surface area (Å²) in [5, 5.41) is 0. The molecule has 9 heteroatoms. The zero-order valence-electron chi connectivity index (χ0n) is 11.4. The third kappa shape index (κ3) is 3.45. The van der Waals surface area contributed by atoms with Crippen molar-refractivity contribution in [3.63, 3.8) is 0 Å². The van der Waals surface area contributed by atoms with Crippen LogP contribution in [0.15, 0.2) is 18.2 Å². The van der Waals surface area contributed by atoms with Crippen LogP contribution in [0.5, 0.6) is 0 Å². The first kappa shape index (κ1) is 16.4. The Morgan fingerprint density at radius 2 is 1.45 bits per heavy atom. The monoisotopic (exact) mass is 326 g/mol. The van der Waals surface area contributed by atoms with Crippen LogP contribution in [0, 0.1) is 0 Å². The molecule has 1 aromatic carbocycles. The number of halogens is 6. The highest BCUT2D eigenvalue weighted by atomic mass is 19.4. The molecule has 0 radical (unpaired) electrons. The third-order valence-corrected chi connectivity index (χ3v) is 3.32. The second-order valence-corrected chi connectivity index (χ2v) is 5.04. The van der Waals surface area contributed by atoms with Gasteiger partial charge in [0, 0.05) is 26.7 Å². The van der Waals surface area contributed by atoms with E-state index in [1.54, 1.807) is 0 Å². The summed E-state index contributed by atoms with van der Waals surface area (Å²) in [5.41, 5.74) is -2.96. The van der Waals surface area contributed by atoms with Gasteiger partial charge in [0.2, 0.25) is 0 Å². The van der Waals surface area contributed by atoms with Crippen LogP contribution in [0.2, 0.25) is 0 Å². The molecule has 1 aliphatic heterocycles. The van der Waals surface area contributed by atoms with Gasteiger partial charge in [-0.2, -0.15) is 26.3 Å². The number of hydrogen-bond acceptors (Lipinski definition) is 1. The number of carbonyl (C=O) groups excluding carboxylic acids is 1. The van der Waals surface area contributed by atoms with E-state index in [1.807, 2.05) is 0 Å². The highest BCUT2D eigenvalue weighted by Crippen LogP contribution is 2.36. The fourth-order valence-electron chi connectivity index (χ4n) is 2.18. The minimum atomic E-state index is -4.89. The Morgan fingerprint density at radius 3 is 1.82 bits per heavy atom. The molecular formula is C13H12F6N2O. The lowest BCUT2D eigenvalue weighted by molar-refractivity contribution is -0.143. The van der Waals surface area contributed by atoms with Crippen LogP contribution in [-0.4, -0.2) is 36.0 Å². The van der Waals surface area contributed by atoms with E-state index < -0.39 is 29.5 Å². The summed E-state index contributed by atoms with van der Waals surface area (Å²) >= 11 is 0. The lowest BCUT2D eigenvalue weighted by Gasteiger charge is -2.19. The van der Waals surface area contributed by atoms with Crippen molar-refractivity contribution in [2.24, 2.45) is 0 Å². The predicted octanol–water partition coefficient (Wildman–Crippen LogP) is 3.59. The zero-order chi connectivity index (χ0) is 16.7. The number of hydrogen-bond donors (Lipinski definition) is 0. The molecule has 2 amide bonds. The van der Waals surface area contributed by atoms with E-state index >= 15 is 0 Å². The average Bonchev–Trinajstić information content (AvgIpc) is 2.68. The maximum Gasteiger partial charge on any atom is 0.416 e. The van der Waals surface area contributed by atoms with Crippen molar-refractivity contribution in [2.75, 3.05) is 20.1 Å². The van der Waals surface area contributed by atoms with Crippen molar-refractivity contribution in [2.45, 2.75) is 18.9 Å². The molecule has 1 fully saturated rings. The Hall–Kier alpha value is -1.93. The lowest BCUT2D eigenvalue weighted by atomic mass is 10.0. The van der Waals surface area contributed by atoms with E-state index in [1.165, 1.54) is 16.8 Å². The molecule has 1 aromatic rings. The summed E-state index contributed by atoms with van der Waals surface area (Å²) in [6, 6.07) is 0.925. The third-order valence-electron chi connectivity index (χ3n) is 3.32. The number of likely N-dealkylation sites (N-methyl/N-ethyl adjacent to an activating group) is 1. The first-order valence-electron chi connectivity index (χ1n) is 6.27. The molecule has 0 N–H and O–H groups in total. The molecule has 0 spiro atoms. The first-order valence-corrected chi connectivity index (χ1v) is 6.27. The predicted molar refractivity (Wildman–Crippen MR) is 64.9 cm³/mol. The fraction of sp³-hybridized carbons (Fsp3) is 0.462. The van der Waals surface area contributed by atoms with Crippen molar-refractivity contribution in [3.05, 3.63) is 34.9 Å². The summed E-state index contributed by atoms with van der Waals surface area (Å²) in [4.78, 5) is 14.2. The molecule has 0 bridgehead atoms. The van der Waals surface area contributed by atoms with Gasteiger partial charge in [-0.3, -0.25) is 0 Å². The second-order valence-electron chi connectivity index (χ2n) is 5.04. The van der Waals surface area contributed by atoms with Gasteiger partial charge >= 0.3 is 18.4 Å². The molecule has 1 saturated heterocycles. The summed E-state index contributed by atoms with van der Waals surface area (Å²) in [7, 11) is 1.51. The zero-order valence-corrected chi connectivity index (χ0v) is 11.4. The number of rotatable bonds is 2. The number of urea groups is 1. The standard InChI is InChI=1S/C13H12F6N2O/c1-20-2-3-21(11(20)22)7-8-4-9(12(14,15)16)6-10(5-8)13(17,18)19/h4-6H,2-3,7H2,1H3. The van der Waals surface area contributed by atoms with Gasteiger partial charge in [-0.15, -0.1) is 0 Å². The molecule has 0 atom stereocenters. The molecule has 0 saturated carbocycles. The minimum Gasteiger partial charge on any atom is -0.326 e. The van der Waals surface area contributed by atoms with Gasteiger partial charge in [-0.25, -0.2) is 4.79 Å². The number of amides is 2. The van der Waals surface area contributed by atoms with Gasteiger partial charge in [0.05, 0.1) is 11.1 Å². The highest BCUT2D eigenvalue weighted by Gasteiger charge is 2.37. The Bertz CT molecular complexity index is 549. The van der Waals surface area contributed by atoms with Crippen molar-refractivity contribution < 1.29 is 31.1 Å². The van der Waals surface area contributed by atoms with E-state index in [0.29, 0.717) is 18.7 Å². The van der Waals surface area contributed by atoms with Crippen LogP contribution in [0.3, 0.4) is 0 Å². The Balaban J connectivity index is 2.36. The van der Waals surface area contributed by atoms with Crippen LogP contribution < -0.4 is 0 Å². The smallest absolute Gasteiger partial charge is 0.326 e. The summed E-state index contributed by atoms with van der Waals surface area (Å²) in [5.74, 6) is 0. The van der Waals surface area contributed by atoms with E-state index in [0.717, 1.165) is 0 Å². The fourth-order valence-corrected chi connectivity index (χ4v) is 2.18. The van der Waals surface area contributed by atoms with E-state index in [-0.39, 0.29) is 24.7 Å². The normalized spacial score (nSPS) is 16.6. The highest BCUT2D eigenvalue weighted by molar-refractivity contribution is 5.76. The van der Waals surface area contributed by atoms with E-state index in [2.05, 4.69) is 0 Å². The SMILES string of the molecule is CN1CCN(Cc2cc(C(F)(F)F)cc(C(F)(F)F)c2)C1=O. The molecule has 1 heterocycles. The molecule has 0 aliphatic carbocycles. The average molecular weight is 326 g/mol. The largest absolute Gasteiger partial charge is 0.416 e. The molecule has 1 aliphatic rings. The molecule has 2 rings (SSSR count). The van der Waals surface area contributed by atoms with Gasteiger partial charge < -0.3 is 9.80 Å². The Morgan fingerprint density at radius 1 is 0.955 bits per heavy atom. The van der Waals surface area contributed by atoms with Crippen LogP contribution in [0.25, 0.3) is 0 Å². The number of alkyl halides is 6. The molecule has 0 aromatic heterocycles. The number of nitrogens with zero attached hydrogens (tertiary/aromatic N) is 2. The maximum absolute atomic E-state index is 12.7. The van der Waals surface area contributed by atoms with Crippen molar-refractivity contribution >= 4 is 6.03 Å². The van der Waals surface area contributed by atoms with E-state index in [9.17, 15) is 31.1 Å². The van der Waals surface area contributed by atoms with Crippen molar-refractivity contribution in [1.29, 1.82) is 0 Å². The molecular weight excluding hydrogens is 314 g/mol. The molecule has 3 nitrogen and oxygen atoms in total. The lowest BCUT2D eigenvalue weighted by Crippen LogP contribution is -2.29. The van der Waals surface area contributed by atoms with Crippen molar-refractivity contribution in [1.82, 2.24) is 9.80 Å². The summed E-state index contributed by atoms with van der Waals surface area (Å²) < 4.78 is 76.4. The quantitative estimate of drug-likeness (QED) is 0.762. The number of benzene rings is 1. The van der Waals surface area contributed by atoms with Crippen LogP contribution in [0.4, 0.5) is 31.1 Å². The van der Waals surface area contributed by atoms with Gasteiger partial charge in [0.15, 0.2) is 0 Å². The van der Waals surface area contributed by atoms with Crippen molar-refractivity contribution in [3.8, 4) is 0 Å². The van der Waals surface area contributed by atoms with Gasteiger partial charge in [-0.1, -0.05) is 0 Å². The molecule has 122 valence electrons. The Kier molecular flexibility index (Phi) is 4.01. The van der Waals surface area contributed by atoms with Gasteiger partial charge in [0.1, 0.15) is 0 Å². The van der Waals surface area contributed by atoms with Crippen LogP contribution in [-0.2, 0) is 18.9 Å². The second kappa shape index (κ2) is 5.36. The molecule has 0 unspecified atom stereocenters. The summed E-state index contributed by atoms with van der Waals surface area (Å²) in [6.07, 6.45) is -9.77. The number of carbonyl (C=O) groups is 1. The summed E-state index contributed by atoms with van der Waals surface area (Å²) in [6.45, 7) is 0.340. The molecule has 22 heavy (non-hydrogen) atoms. The van der Waals surface area contributed by atoms with Gasteiger partial charge in [-0.05, 0) is 23.8 Å². The Labute approximate surface area is 122 Å². The maximum atomic E-state index is 12.7. The van der Waals surface area contributed by atoms with E-state index in [4.69, 9.17) is 0 Å². The van der Waals surface area contributed by atoms with Gasteiger partial charge in [0.25, 0.3) is 0 Å². The first-order chi connectivity index (χ1) is 9.98. The topological polar surface area (TPSA) is 23.6 Å². The van der Waals surface area contributed by atoms with Crippen LogP contribution >= 0.6 is 0 Å². The minimum absolute atomic E-state index is 0.0709. The van der Waals surface area contributed by atoms with Crippen LogP contribution in [0.1, 0.15) is 16.7 Å².